The molecule has 1 unspecified atom stereocenters. The van der Waals surface area contributed by atoms with Gasteiger partial charge in [-0.05, 0) is 24.6 Å². The third kappa shape index (κ3) is 3.28. The average Bonchev–Trinajstić information content (AvgIpc) is 2.52. The fourth-order valence-electron chi connectivity index (χ4n) is 2.88. The number of hydrogen-bond acceptors (Lipinski definition) is 3. The van der Waals surface area contributed by atoms with E-state index in [1.807, 2.05) is 31.3 Å². The Morgan fingerprint density at radius 2 is 2.29 bits per heavy atom. The van der Waals surface area contributed by atoms with Crippen LogP contribution in [0.15, 0.2) is 42.7 Å². The Labute approximate surface area is 124 Å². The Balaban J connectivity index is 1.83. The summed E-state index contributed by atoms with van der Waals surface area (Å²) in [6.07, 6.45) is 3.68. The van der Waals surface area contributed by atoms with E-state index in [-0.39, 0.29) is 11.9 Å². The van der Waals surface area contributed by atoms with Gasteiger partial charge in [-0.3, -0.25) is 9.88 Å². The van der Waals surface area contributed by atoms with E-state index >= 15 is 0 Å². The van der Waals surface area contributed by atoms with Crippen molar-refractivity contribution >= 4 is 0 Å². The predicted octanol–water partition coefficient (Wildman–Crippen LogP) is 2.68. The van der Waals surface area contributed by atoms with Gasteiger partial charge < -0.3 is 5.32 Å². The van der Waals surface area contributed by atoms with E-state index in [1.165, 1.54) is 5.56 Å². The van der Waals surface area contributed by atoms with Crippen LogP contribution in [0.3, 0.4) is 0 Å². The standard InChI is InChI=1S/C17H20FN3/c1-13-4-5-16(18)15(9-13)12-21-8-7-20-11-17(21)14-3-2-6-19-10-14/h2-6,9-10,17,20H,7-8,11-12H2,1H3. The van der Waals surface area contributed by atoms with E-state index in [1.54, 1.807) is 12.3 Å². The van der Waals surface area contributed by atoms with Crippen LogP contribution in [-0.2, 0) is 6.54 Å². The van der Waals surface area contributed by atoms with Crippen LogP contribution in [-0.4, -0.2) is 29.5 Å². The van der Waals surface area contributed by atoms with Crippen molar-refractivity contribution in [2.24, 2.45) is 0 Å². The van der Waals surface area contributed by atoms with Crippen molar-refractivity contribution in [3.05, 3.63) is 65.2 Å². The van der Waals surface area contributed by atoms with Gasteiger partial charge in [-0.15, -0.1) is 0 Å². The first-order valence-corrected chi connectivity index (χ1v) is 7.34. The minimum Gasteiger partial charge on any atom is -0.314 e. The number of benzene rings is 1. The molecule has 1 fully saturated rings. The highest BCUT2D eigenvalue weighted by molar-refractivity contribution is 5.25. The third-order valence-corrected chi connectivity index (χ3v) is 4.00. The first kappa shape index (κ1) is 14.2. The summed E-state index contributed by atoms with van der Waals surface area (Å²) in [7, 11) is 0. The van der Waals surface area contributed by atoms with Gasteiger partial charge in [0.15, 0.2) is 0 Å². The molecule has 0 spiro atoms. The molecule has 1 aromatic heterocycles. The lowest BCUT2D eigenvalue weighted by atomic mass is 10.0. The monoisotopic (exact) mass is 285 g/mol. The second-order valence-electron chi connectivity index (χ2n) is 5.57. The van der Waals surface area contributed by atoms with Crippen molar-refractivity contribution < 1.29 is 4.39 Å². The molecule has 0 bridgehead atoms. The van der Waals surface area contributed by atoms with Gasteiger partial charge in [0.25, 0.3) is 0 Å². The van der Waals surface area contributed by atoms with Crippen LogP contribution >= 0.6 is 0 Å². The molecule has 0 amide bonds. The second-order valence-corrected chi connectivity index (χ2v) is 5.57. The number of pyridine rings is 1. The first-order valence-electron chi connectivity index (χ1n) is 7.34. The zero-order chi connectivity index (χ0) is 14.7. The first-order chi connectivity index (χ1) is 10.2. The van der Waals surface area contributed by atoms with Crippen LogP contribution in [0.2, 0.25) is 0 Å². The summed E-state index contributed by atoms with van der Waals surface area (Å²) in [4.78, 5) is 6.53. The van der Waals surface area contributed by atoms with E-state index in [0.717, 1.165) is 30.8 Å². The highest BCUT2D eigenvalue weighted by atomic mass is 19.1. The molecule has 1 aromatic carbocycles. The van der Waals surface area contributed by atoms with Crippen LogP contribution in [0.5, 0.6) is 0 Å². The Morgan fingerprint density at radius 3 is 3.10 bits per heavy atom. The summed E-state index contributed by atoms with van der Waals surface area (Å²) >= 11 is 0. The van der Waals surface area contributed by atoms with E-state index in [0.29, 0.717) is 6.54 Å². The average molecular weight is 285 g/mol. The molecule has 110 valence electrons. The number of piperazine rings is 1. The molecule has 2 heterocycles. The van der Waals surface area contributed by atoms with Crippen LogP contribution in [0.4, 0.5) is 4.39 Å². The third-order valence-electron chi connectivity index (χ3n) is 4.00. The molecule has 21 heavy (non-hydrogen) atoms. The highest BCUT2D eigenvalue weighted by Crippen LogP contribution is 2.24. The summed E-state index contributed by atoms with van der Waals surface area (Å²) < 4.78 is 14.0. The fraction of sp³-hybridized carbons (Fsp3) is 0.353. The van der Waals surface area contributed by atoms with Gasteiger partial charge in [-0.1, -0.05) is 23.8 Å². The Bertz CT molecular complexity index is 600. The van der Waals surface area contributed by atoms with Crippen LogP contribution in [0.1, 0.15) is 22.7 Å². The van der Waals surface area contributed by atoms with Crippen molar-refractivity contribution in [1.82, 2.24) is 15.2 Å². The maximum absolute atomic E-state index is 14.0. The fourth-order valence-corrected chi connectivity index (χ4v) is 2.88. The van der Waals surface area contributed by atoms with Crippen molar-refractivity contribution in [3.63, 3.8) is 0 Å². The van der Waals surface area contributed by atoms with Gasteiger partial charge in [0, 0.05) is 50.2 Å². The maximum atomic E-state index is 14.0. The van der Waals surface area contributed by atoms with E-state index in [2.05, 4.69) is 21.3 Å². The number of nitrogens with one attached hydrogen (secondary N) is 1. The van der Waals surface area contributed by atoms with E-state index in [9.17, 15) is 4.39 Å². The molecule has 0 radical (unpaired) electrons. The number of rotatable bonds is 3. The van der Waals surface area contributed by atoms with Crippen LogP contribution < -0.4 is 5.32 Å². The van der Waals surface area contributed by atoms with Gasteiger partial charge in [0.2, 0.25) is 0 Å². The summed E-state index contributed by atoms with van der Waals surface area (Å²) in [5, 5.41) is 3.41. The molecule has 3 nitrogen and oxygen atoms in total. The van der Waals surface area contributed by atoms with Crippen LogP contribution in [0.25, 0.3) is 0 Å². The summed E-state index contributed by atoms with van der Waals surface area (Å²) in [5.74, 6) is -0.121. The molecule has 1 atom stereocenters. The Morgan fingerprint density at radius 1 is 1.38 bits per heavy atom. The Hall–Kier alpha value is -1.78. The molecule has 0 aliphatic carbocycles. The highest BCUT2D eigenvalue weighted by Gasteiger charge is 2.24. The minimum absolute atomic E-state index is 0.121. The minimum atomic E-state index is -0.121. The molecule has 1 saturated heterocycles. The van der Waals surface area contributed by atoms with E-state index in [4.69, 9.17) is 0 Å². The van der Waals surface area contributed by atoms with Gasteiger partial charge in [-0.25, -0.2) is 4.39 Å². The lowest BCUT2D eigenvalue weighted by molar-refractivity contribution is 0.151. The molecule has 0 saturated carbocycles. The number of aryl methyl sites for hydroxylation is 1. The van der Waals surface area contributed by atoms with Crippen molar-refractivity contribution in [3.8, 4) is 0 Å². The van der Waals surface area contributed by atoms with Crippen LogP contribution in [0, 0.1) is 12.7 Å². The predicted molar refractivity (Wildman–Crippen MR) is 81.4 cm³/mol. The Kier molecular flexibility index (Phi) is 4.27. The number of hydrogen-bond donors (Lipinski definition) is 1. The lowest BCUT2D eigenvalue weighted by Gasteiger charge is -2.36. The molecule has 2 aromatic rings. The van der Waals surface area contributed by atoms with Gasteiger partial charge in [0.05, 0.1) is 0 Å². The number of nitrogens with zero attached hydrogens (tertiary/aromatic N) is 2. The number of aromatic nitrogens is 1. The molecule has 3 rings (SSSR count). The molecular formula is C17H20FN3. The molecule has 1 N–H and O–H groups in total. The normalized spacial score (nSPS) is 19.6. The number of halogens is 1. The lowest BCUT2D eigenvalue weighted by Crippen LogP contribution is -2.45. The second kappa shape index (κ2) is 6.33. The molecule has 1 aliphatic rings. The largest absolute Gasteiger partial charge is 0.314 e. The SMILES string of the molecule is Cc1ccc(F)c(CN2CCNCC2c2cccnc2)c1. The zero-order valence-electron chi connectivity index (χ0n) is 12.2. The molecule has 4 heteroatoms. The van der Waals surface area contributed by atoms with Crippen molar-refractivity contribution in [2.75, 3.05) is 19.6 Å². The molecule has 1 aliphatic heterocycles. The van der Waals surface area contributed by atoms with Crippen molar-refractivity contribution in [2.45, 2.75) is 19.5 Å². The summed E-state index contributed by atoms with van der Waals surface area (Å²) in [6.45, 7) is 5.35. The quantitative estimate of drug-likeness (QED) is 0.940. The van der Waals surface area contributed by atoms with Crippen molar-refractivity contribution in [1.29, 1.82) is 0 Å². The topological polar surface area (TPSA) is 28.2 Å². The van der Waals surface area contributed by atoms with E-state index < -0.39 is 0 Å². The summed E-state index contributed by atoms with van der Waals surface area (Å²) in [6, 6.07) is 9.60. The summed E-state index contributed by atoms with van der Waals surface area (Å²) in [5.41, 5.74) is 3.04. The van der Waals surface area contributed by atoms with Gasteiger partial charge in [-0.2, -0.15) is 0 Å². The zero-order valence-corrected chi connectivity index (χ0v) is 12.2. The molecular weight excluding hydrogens is 265 g/mol. The van der Waals surface area contributed by atoms with Gasteiger partial charge >= 0.3 is 0 Å². The maximum Gasteiger partial charge on any atom is 0.127 e. The smallest absolute Gasteiger partial charge is 0.127 e. The van der Waals surface area contributed by atoms with Gasteiger partial charge in [0.1, 0.15) is 5.82 Å².